The molecule has 0 aromatic heterocycles. The third kappa shape index (κ3) is 7.48. The molecule has 1 aliphatic heterocycles. The van der Waals surface area contributed by atoms with Crippen molar-refractivity contribution in [2.24, 2.45) is 0 Å². The Morgan fingerprint density at radius 2 is 1.62 bits per heavy atom. The third-order valence-corrected chi connectivity index (χ3v) is 3.89. The highest BCUT2D eigenvalue weighted by Gasteiger charge is 2.10. The van der Waals surface area contributed by atoms with E-state index in [1.807, 2.05) is 0 Å². The predicted molar refractivity (Wildman–Crippen MR) is 96.0 cm³/mol. The molecule has 1 N–H and O–H groups in total. The lowest BCUT2D eigenvalue weighted by Gasteiger charge is -2.29. The number of nitrogens with zero attached hydrogens (tertiary/aromatic N) is 2. The summed E-state index contributed by atoms with van der Waals surface area (Å²) in [6.45, 7) is 10.3. The van der Waals surface area contributed by atoms with E-state index in [4.69, 9.17) is 0 Å². The van der Waals surface area contributed by atoms with Crippen LogP contribution in [-0.2, 0) is 13.0 Å². The molecule has 0 aliphatic carbocycles. The Morgan fingerprint density at radius 1 is 1.05 bits per heavy atom. The minimum absolute atomic E-state index is 0. The van der Waals surface area contributed by atoms with Gasteiger partial charge in [0.2, 0.25) is 0 Å². The Bertz CT molecular complexity index is 364. The topological polar surface area (TPSA) is 18.5 Å². The van der Waals surface area contributed by atoms with E-state index >= 15 is 0 Å². The first-order chi connectivity index (χ1) is 9.28. The van der Waals surface area contributed by atoms with E-state index in [-0.39, 0.29) is 24.8 Å². The Labute approximate surface area is 141 Å². The summed E-state index contributed by atoms with van der Waals surface area (Å²) in [5.74, 6) is 0. The number of benzene rings is 1. The second kappa shape index (κ2) is 11.3. The first-order valence-electron chi connectivity index (χ1n) is 7.47. The molecule has 1 fully saturated rings. The van der Waals surface area contributed by atoms with E-state index in [1.54, 1.807) is 0 Å². The summed E-state index contributed by atoms with van der Waals surface area (Å²) in [6, 6.07) is 9.03. The maximum Gasteiger partial charge on any atom is 0.0231 e. The Morgan fingerprint density at radius 3 is 2.19 bits per heavy atom. The van der Waals surface area contributed by atoms with Crippen LogP contribution in [0.25, 0.3) is 0 Å². The second-order valence-corrected chi connectivity index (χ2v) is 5.50. The Balaban J connectivity index is 0.00000200. The summed E-state index contributed by atoms with van der Waals surface area (Å²) in [5.41, 5.74) is 2.84. The van der Waals surface area contributed by atoms with Gasteiger partial charge in [0.15, 0.2) is 0 Å². The fourth-order valence-corrected chi connectivity index (χ4v) is 2.52. The molecular weight excluding hydrogens is 305 g/mol. The van der Waals surface area contributed by atoms with E-state index in [0.717, 1.165) is 32.6 Å². The van der Waals surface area contributed by atoms with Crippen LogP contribution in [0.3, 0.4) is 0 Å². The maximum atomic E-state index is 3.40. The minimum Gasteiger partial charge on any atom is -0.314 e. The zero-order valence-electron chi connectivity index (χ0n) is 13.2. The highest BCUT2D eigenvalue weighted by molar-refractivity contribution is 5.85. The normalized spacial score (nSPS) is 15.4. The number of likely N-dealkylation sites (N-methyl/N-ethyl adjacent to an activating group) is 1. The average Bonchev–Trinajstić information content (AvgIpc) is 2.47. The van der Waals surface area contributed by atoms with Crippen molar-refractivity contribution in [3.05, 3.63) is 35.4 Å². The number of nitrogens with one attached hydrogen (secondary N) is 1. The molecule has 0 spiro atoms. The summed E-state index contributed by atoms with van der Waals surface area (Å²) in [5, 5.41) is 3.40. The largest absolute Gasteiger partial charge is 0.314 e. The third-order valence-electron chi connectivity index (χ3n) is 3.89. The molecule has 0 atom stereocenters. The minimum atomic E-state index is 0. The summed E-state index contributed by atoms with van der Waals surface area (Å²) in [6.07, 6.45) is 1.12. The average molecular weight is 334 g/mol. The predicted octanol–water partition coefficient (Wildman–Crippen LogP) is 2.43. The van der Waals surface area contributed by atoms with Gasteiger partial charge < -0.3 is 10.2 Å². The zero-order valence-corrected chi connectivity index (χ0v) is 14.8. The van der Waals surface area contributed by atoms with E-state index in [9.17, 15) is 0 Å². The van der Waals surface area contributed by atoms with Gasteiger partial charge in [0.1, 0.15) is 0 Å². The van der Waals surface area contributed by atoms with Crippen molar-refractivity contribution in [1.82, 2.24) is 15.1 Å². The smallest absolute Gasteiger partial charge is 0.0231 e. The van der Waals surface area contributed by atoms with Gasteiger partial charge in [-0.15, -0.1) is 24.8 Å². The van der Waals surface area contributed by atoms with E-state index in [1.165, 1.54) is 30.8 Å². The van der Waals surface area contributed by atoms with Gasteiger partial charge in [-0.05, 0) is 24.6 Å². The molecule has 1 aliphatic rings. The van der Waals surface area contributed by atoms with Crippen LogP contribution in [0.5, 0.6) is 0 Å². The molecule has 0 amide bonds. The van der Waals surface area contributed by atoms with Gasteiger partial charge in [0.25, 0.3) is 0 Å². The van der Waals surface area contributed by atoms with Crippen molar-refractivity contribution in [3.8, 4) is 0 Å². The van der Waals surface area contributed by atoms with Crippen molar-refractivity contribution < 1.29 is 0 Å². The number of piperazine rings is 1. The lowest BCUT2D eigenvalue weighted by atomic mass is 10.1. The zero-order chi connectivity index (χ0) is 13.5. The lowest BCUT2D eigenvalue weighted by Crippen LogP contribution is -2.45. The molecular formula is C16H29Cl2N3. The van der Waals surface area contributed by atoms with E-state index in [2.05, 4.69) is 53.4 Å². The number of hydrogen-bond acceptors (Lipinski definition) is 3. The van der Waals surface area contributed by atoms with Gasteiger partial charge in [-0.25, -0.2) is 0 Å². The number of halogens is 2. The molecule has 0 radical (unpaired) electrons. The van der Waals surface area contributed by atoms with Gasteiger partial charge in [-0.3, -0.25) is 4.90 Å². The van der Waals surface area contributed by atoms with Gasteiger partial charge in [0.05, 0.1) is 0 Å². The van der Waals surface area contributed by atoms with Gasteiger partial charge in [-0.2, -0.15) is 0 Å². The summed E-state index contributed by atoms with van der Waals surface area (Å²) < 4.78 is 0. The van der Waals surface area contributed by atoms with E-state index in [0.29, 0.717) is 0 Å². The van der Waals surface area contributed by atoms with Crippen LogP contribution >= 0.6 is 24.8 Å². The van der Waals surface area contributed by atoms with Crippen LogP contribution in [-0.4, -0.2) is 56.1 Å². The van der Waals surface area contributed by atoms with Crippen molar-refractivity contribution >= 4 is 24.8 Å². The molecule has 2 rings (SSSR count). The molecule has 5 heteroatoms. The fraction of sp³-hybridized carbons (Fsp3) is 0.625. The van der Waals surface area contributed by atoms with Crippen LogP contribution in [0.4, 0.5) is 0 Å². The Hall–Kier alpha value is -0.320. The molecule has 3 nitrogen and oxygen atoms in total. The van der Waals surface area contributed by atoms with Crippen molar-refractivity contribution in [2.75, 3.05) is 46.3 Å². The monoisotopic (exact) mass is 333 g/mol. The summed E-state index contributed by atoms with van der Waals surface area (Å²) in [7, 11) is 2.22. The molecule has 1 aromatic carbocycles. The molecule has 122 valence electrons. The van der Waals surface area contributed by atoms with Crippen molar-refractivity contribution in [1.29, 1.82) is 0 Å². The quantitative estimate of drug-likeness (QED) is 0.862. The number of aryl methyl sites for hydroxylation is 1. The summed E-state index contributed by atoms with van der Waals surface area (Å²) in [4.78, 5) is 4.97. The van der Waals surface area contributed by atoms with Crippen LogP contribution < -0.4 is 5.32 Å². The molecule has 1 aromatic rings. The standard InChI is InChI=1S/C16H27N3.2ClH/c1-3-15-4-6-16(7-5-15)14-18(2)12-13-19-10-8-17-9-11-19;;/h4-7,17H,3,8-14H2,1-2H3;2*1H. The first-order valence-corrected chi connectivity index (χ1v) is 7.47. The van der Waals surface area contributed by atoms with Gasteiger partial charge in [-0.1, -0.05) is 31.2 Å². The number of rotatable bonds is 6. The fourth-order valence-electron chi connectivity index (χ4n) is 2.52. The Kier molecular flexibility index (Phi) is 11.1. The van der Waals surface area contributed by atoms with Crippen molar-refractivity contribution in [3.63, 3.8) is 0 Å². The molecule has 0 unspecified atom stereocenters. The van der Waals surface area contributed by atoms with Gasteiger partial charge in [0, 0.05) is 45.8 Å². The van der Waals surface area contributed by atoms with Crippen LogP contribution in [0.15, 0.2) is 24.3 Å². The SMILES string of the molecule is CCc1ccc(CN(C)CCN2CCNCC2)cc1.Cl.Cl. The molecule has 1 heterocycles. The molecule has 1 saturated heterocycles. The summed E-state index contributed by atoms with van der Waals surface area (Å²) >= 11 is 0. The maximum absolute atomic E-state index is 3.40. The molecule has 0 bridgehead atoms. The molecule has 0 saturated carbocycles. The van der Waals surface area contributed by atoms with Gasteiger partial charge >= 0.3 is 0 Å². The lowest BCUT2D eigenvalue weighted by molar-refractivity contribution is 0.202. The van der Waals surface area contributed by atoms with Crippen LogP contribution in [0.1, 0.15) is 18.1 Å². The highest BCUT2D eigenvalue weighted by Crippen LogP contribution is 2.07. The second-order valence-electron chi connectivity index (χ2n) is 5.50. The first kappa shape index (κ1) is 20.7. The van der Waals surface area contributed by atoms with Crippen LogP contribution in [0, 0.1) is 0 Å². The van der Waals surface area contributed by atoms with Crippen molar-refractivity contribution in [2.45, 2.75) is 19.9 Å². The van der Waals surface area contributed by atoms with E-state index < -0.39 is 0 Å². The number of hydrogen-bond donors (Lipinski definition) is 1. The molecule has 21 heavy (non-hydrogen) atoms. The van der Waals surface area contributed by atoms with Crippen LogP contribution in [0.2, 0.25) is 0 Å². The highest BCUT2D eigenvalue weighted by atomic mass is 35.5.